The van der Waals surface area contributed by atoms with Crippen molar-refractivity contribution in [2.24, 2.45) is 5.92 Å². The molecule has 2 aliphatic carbocycles. The SMILES string of the molecule is CN(C)c1nc(NC2CCC(CNC(=O)Nc3c(Br)cc(Br)cc3Br)CC2)nc2c1CCCC2. The fourth-order valence-electron chi connectivity index (χ4n) is 4.76. The molecule has 4 rings (SSSR count). The molecule has 0 bridgehead atoms. The van der Waals surface area contributed by atoms with E-state index in [4.69, 9.17) is 9.97 Å². The van der Waals surface area contributed by atoms with Crippen LogP contribution in [0.15, 0.2) is 25.6 Å². The summed E-state index contributed by atoms with van der Waals surface area (Å²) in [6, 6.07) is 3.99. The minimum absolute atomic E-state index is 0.192. The van der Waals surface area contributed by atoms with E-state index < -0.39 is 0 Å². The molecule has 2 aliphatic rings. The van der Waals surface area contributed by atoms with Gasteiger partial charge in [-0.1, -0.05) is 15.9 Å². The summed E-state index contributed by atoms with van der Waals surface area (Å²) in [4.78, 5) is 24.3. The van der Waals surface area contributed by atoms with E-state index in [1.165, 1.54) is 24.1 Å². The van der Waals surface area contributed by atoms with Crippen molar-refractivity contribution in [1.82, 2.24) is 15.3 Å². The van der Waals surface area contributed by atoms with Gasteiger partial charge in [0.15, 0.2) is 0 Å². The average Bonchev–Trinajstić information content (AvgIpc) is 2.80. The van der Waals surface area contributed by atoms with Gasteiger partial charge in [-0.25, -0.2) is 9.78 Å². The highest BCUT2D eigenvalue weighted by molar-refractivity contribution is 9.11. The van der Waals surface area contributed by atoms with Gasteiger partial charge in [-0.15, -0.1) is 0 Å². The van der Waals surface area contributed by atoms with Crippen LogP contribution in [0.2, 0.25) is 0 Å². The van der Waals surface area contributed by atoms with Crippen LogP contribution in [-0.4, -0.2) is 42.7 Å². The van der Waals surface area contributed by atoms with Crippen molar-refractivity contribution < 1.29 is 4.79 Å². The largest absolute Gasteiger partial charge is 0.362 e. The van der Waals surface area contributed by atoms with E-state index >= 15 is 0 Å². The Labute approximate surface area is 226 Å². The molecule has 10 heteroatoms. The quantitative estimate of drug-likeness (QED) is 0.330. The zero-order valence-corrected chi connectivity index (χ0v) is 24.3. The number of aromatic nitrogens is 2. The Bertz CT molecular complexity index is 1020. The first kappa shape index (κ1) is 25.7. The van der Waals surface area contributed by atoms with Crippen molar-refractivity contribution in [2.75, 3.05) is 36.2 Å². The van der Waals surface area contributed by atoms with E-state index in [1.54, 1.807) is 0 Å². The van der Waals surface area contributed by atoms with Gasteiger partial charge in [0, 0.05) is 45.7 Å². The molecule has 184 valence electrons. The van der Waals surface area contributed by atoms with Crippen molar-refractivity contribution in [3.05, 3.63) is 36.8 Å². The molecule has 0 spiro atoms. The van der Waals surface area contributed by atoms with Gasteiger partial charge < -0.3 is 20.9 Å². The maximum Gasteiger partial charge on any atom is 0.319 e. The predicted octanol–water partition coefficient (Wildman–Crippen LogP) is 6.50. The summed E-state index contributed by atoms with van der Waals surface area (Å²) < 4.78 is 2.57. The number of nitrogens with one attached hydrogen (secondary N) is 3. The van der Waals surface area contributed by atoms with Gasteiger partial charge in [-0.3, -0.25) is 0 Å². The molecule has 1 aromatic carbocycles. The second-order valence-electron chi connectivity index (χ2n) is 9.34. The van der Waals surface area contributed by atoms with Crippen molar-refractivity contribution in [2.45, 2.75) is 57.4 Å². The molecule has 7 nitrogen and oxygen atoms in total. The van der Waals surface area contributed by atoms with E-state index in [1.807, 2.05) is 12.1 Å². The first-order valence-electron chi connectivity index (χ1n) is 11.8. The minimum atomic E-state index is -0.192. The van der Waals surface area contributed by atoms with Gasteiger partial charge in [0.1, 0.15) is 5.82 Å². The van der Waals surface area contributed by atoms with Crippen molar-refractivity contribution in [3.8, 4) is 0 Å². The van der Waals surface area contributed by atoms with Gasteiger partial charge in [0.25, 0.3) is 0 Å². The van der Waals surface area contributed by atoms with Crippen LogP contribution in [-0.2, 0) is 12.8 Å². The fourth-order valence-corrected chi connectivity index (χ4v) is 7.22. The number of anilines is 3. The molecule has 0 saturated heterocycles. The summed E-state index contributed by atoms with van der Waals surface area (Å²) in [7, 11) is 4.12. The van der Waals surface area contributed by atoms with E-state index in [0.717, 1.165) is 69.4 Å². The molecule has 0 atom stereocenters. The normalized spacial score (nSPS) is 19.8. The summed E-state index contributed by atoms with van der Waals surface area (Å²) in [5.41, 5.74) is 3.24. The third-order valence-corrected chi connectivity index (χ3v) is 8.27. The van der Waals surface area contributed by atoms with Gasteiger partial charge in [-0.2, -0.15) is 4.98 Å². The number of nitrogens with zero attached hydrogens (tertiary/aromatic N) is 3. The number of urea groups is 1. The Hall–Kier alpha value is -1.39. The van der Waals surface area contributed by atoms with E-state index in [9.17, 15) is 4.79 Å². The molecule has 34 heavy (non-hydrogen) atoms. The number of fused-ring (bicyclic) bond motifs is 1. The van der Waals surface area contributed by atoms with Crippen LogP contribution in [0, 0.1) is 5.92 Å². The second-order valence-corrected chi connectivity index (χ2v) is 12.0. The lowest BCUT2D eigenvalue weighted by Gasteiger charge is -2.30. The fraction of sp³-hybridized carbons (Fsp3) is 0.542. The third kappa shape index (κ3) is 6.43. The highest BCUT2D eigenvalue weighted by atomic mass is 79.9. The third-order valence-electron chi connectivity index (χ3n) is 6.56. The number of aryl methyl sites for hydroxylation is 1. The number of benzene rings is 1. The lowest BCUT2D eigenvalue weighted by Crippen LogP contribution is -2.36. The van der Waals surface area contributed by atoms with Gasteiger partial charge >= 0.3 is 6.03 Å². The Balaban J connectivity index is 1.26. The standard InChI is InChI=1S/C24H31Br3N6O/c1-33(2)22-17-5-3-4-6-20(17)30-23(32-22)29-16-9-7-14(8-10-16)13-28-24(34)31-21-18(26)11-15(25)12-19(21)27/h11-12,14,16H,3-10,13H2,1-2H3,(H2,28,31,34)(H,29,30,32). The summed E-state index contributed by atoms with van der Waals surface area (Å²) in [5, 5.41) is 9.56. The molecule has 0 unspecified atom stereocenters. The molecular weight excluding hydrogens is 628 g/mol. The minimum Gasteiger partial charge on any atom is -0.362 e. The van der Waals surface area contributed by atoms with Crippen LogP contribution < -0.4 is 20.9 Å². The topological polar surface area (TPSA) is 82.2 Å². The van der Waals surface area contributed by atoms with Gasteiger partial charge in [0.2, 0.25) is 5.95 Å². The van der Waals surface area contributed by atoms with Crippen molar-refractivity contribution in [3.63, 3.8) is 0 Å². The first-order valence-corrected chi connectivity index (χ1v) is 14.2. The highest BCUT2D eigenvalue weighted by Gasteiger charge is 2.24. The summed E-state index contributed by atoms with van der Waals surface area (Å²) in [6.07, 6.45) is 8.77. The van der Waals surface area contributed by atoms with Crippen LogP contribution in [0.4, 0.5) is 22.2 Å². The number of carbonyl (C=O) groups is 1. The number of hydrogen-bond acceptors (Lipinski definition) is 5. The highest BCUT2D eigenvalue weighted by Crippen LogP contribution is 2.34. The van der Waals surface area contributed by atoms with Crippen molar-refractivity contribution >= 4 is 71.3 Å². The molecule has 0 aliphatic heterocycles. The number of amides is 2. The monoisotopic (exact) mass is 656 g/mol. The zero-order valence-electron chi connectivity index (χ0n) is 19.6. The Morgan fingerprint density at radius 3 is 2.38 bits per heavy atom. The lowest BCUT2D eigenvalue weighted by molar-refractivity contribution is 0.246. The van der Waals surface area contributed by atoms with Crippen molar-refractivity contribution in [1.29, 1.82) is 0 Å². The number of hydrogen-bond donors (Lipinski definition) is 3. The molecule has 3 N–H and O–H groups in total. The Morgan fingerprint density at radius 2 is 1.71 bits per heavy atom. The molecular formula is C24H31Br3N6O. The molecule has 0 radical (unpaired) electrons. The number of halogens is 3. The van der Waals surface area contributed by atoms with Crippen LogP contribution in [0.25, 0.3) is 0 Å². The number of rotatable bonds is 6. The Kier molecular flexibility index (Phi) is 8.74. The second kappa shape index (κ2) is 11.6. The molecule has 1 saturated carbocycles. The molecule has 1 fully saturated rings. The van der Waals surface area contributed by atoms with E-state index in [2.05, 4.69) is 82.7 Å². The van der Waals surface area contributed by atoms with E-state index in [-0.39, 0.29) is 6.03 Å². The summed E-state index contributed by atoms with van der Waals surface area (Å²) in [6.45, 7) is 0.671. The van der Waals surface area contributed by atoms with Gasteiger partial charge in [0.05, 0.1) is 11.4 Å². The maximum absolute atomic E-state index is 12.4. The molecule has 1 aromatic heterocycles. The molecule has 1 heterocycles. The van der Waals surface area contributed by atoms with E-state index in [0.29, 0.717) is 18.5 Å². The van der Waals surface area contributed by atoms with Gasteiger partial charge in [-0.05, 0) is 101 Å². The maximum atomic E-state index is 12.4. The first-order chi connectivity index (χ1) is 16.3. The lowest BCUT2D eigenvalue weighted by atomic mass is 9.86. The number of carbonyl (C=O) groups excluding carboxylic acids is 1. The van der Waals surface area contributed by atoms with Crippen LogP contribution in [0.5, 0.6) is 0 Å². The zero-order chi connectivity index (χ0) is 24.2. The van der Waals surface area contributed by atoms with Crippen LogP contribution >= 0.6 is 47.8 Å². The van der Waals surface area contributed by atoms with Crippen LogP contribution in [0.3, 0.4) is 0 Å². The predicted molar refractivity (Wildman–Crippen MR) is 149 cm³/mol. The van der Waals surface area contributed by atoms with Crippen LogP contribution in [0.1, 0.15) is 49.8 Å². The molecule has 2 aromatic rings. The summed E-state index contributed by atoms with van der Waals surface area (Å²) in [5.74, 6) is 2.29. The summed E-state index contributed by atoms with van der Waals surface area (Å²) >= 11 is 10.4. The molecule has 2 amide bonds. The smallest absolute Gasteiger partial charge is 0.319 e. The average molecular weight is 659 g/mol. The Morgan fingerprint density at radius 1 is 1.03 bits per heavy atom.